The first-order chi connectivity index (χ1) is 7.66. The normalized spacial score (nSPS) is 10.9. The van der Waals surface area contributed by atoms with Gasteiger partial charge in [-0.1, -0.05) is 5.16 Å². The summed E-state index contributed by atoms with van der Waals surface area (Å²) >= 11 is 0. The summed E-state index contributed by atoms with van der Waals surface area (Å²) in [6.45, 7) is 5.18. The largest absolute Gasteiger partial charge is 0.338 e. The number of aryl methyl sites for hydroxylation is 2. The van der Waals surface area contributed by atoms with Gasteiger partial charge in [0.25, 0.3) is 0 Å². The zero-order chi connectivity index (χ0) is 11.5. The van der Waals surface area contributed by atoms with Crippen LogP contribution in [0.25, 0.3) is 0 Å². The molecular weight excluding hydrogens is 206 g/mol. The van der Waals surface area contributed by atoms with Crippen molar-refractivity contribution < 1.29 is 4.52 Å². The van der Waals surface area contributed by atoms with E-state index in [1.54, 1.807) is 6.92 Å². The number of hydrogen-bond acceptors (Lipinski definition) is 5. The van der Waals surface area contributed by atoms with Gasteiger partial charge in [0.2, 0.25) is 5.89 Å². The van der Waals surface area contributed by atoms with Crippen molar-refractivity contribution in [2.45, 2.75) is 26.9 Å². The van der Waals surface area contributed by atoms with Crippen molar-refractivity contribution in [1.29, 1.82) is 0 Å². The monoisotopic (exact) mass is 221 g/mol. The third-order valence-electron chi connectivity index (χ3n) is 2.50. The first-order valence-corrected chi connectivity index (χ1v) is 5.14. The van der Waals surface area contributed by atoms with Gasteiger partial charge in [0, 0.05) is 24.8 Å². The molecule has 2 aromatic heterocycles. The van der Waals surface area contributed by atoms with E-state index in [1.165, 1.54) is 5.56 Å². The van der Waals surface area contributed by atoms with Crippen LogP contribution in [0.3, 0.4) is 0 Å². The lowest BCUT2D eigenvalue weighted by molar-refractivity contribution is 0.364. The molecular formula is C10H15N5O. The molecule has 0 atom stereocenters. The molecule has 0 aliphatic rings. The maximum absolute atomic E-state index is 4.99. The van der Waals surface area contributed by atoms with Gasteiger partial charge in [0.05, 0.1) is 12.7 Å². The van der Waals surface area contributed by atoms with Crippen LogP contribution in [0.15, 0.2) is 10.7 Å². The highest BCUT2D eigenvalue weighted by Gasteiger charge is 2.05. The second kappa shape index (κ2) is 4.44. The van der Waals surface area contributed by atoms with Gasteiger partial charge in [-0.2, -0.15) is 10.1 Å². The van der Waals surface area contributed by atoms with E-state index in [-0.39, 0.29) is 0 Å². The predicted octanol–water partition coefficient (Wildman–Crippen LogP) is 0.710. The third kappa shape index (κ3) is 2.27. The van der Waals surface area contributed by atoms with E-state index in [4.69, 9.17) is 4.52 Å². The molecule has 0 amide bonds. The van der Waals surface area contributed by atoms with E-state index in [1.807, 2.05) is 24.9 Å². The van der Waals surface area contributed by atoms with Crippen molar-refractivity contribution in [3.63, 3.8) is 0 Å². The molecule has 0 aliphatic carbocycles. The van der Waals surface area contributed by atoms with Crippen LogP contribution in [0.5, 0.6) is 0 Å². The molecule has 0 saturated carbocycles. The van der Waals surface area contributed by atoms with Gasteiger partial charge in [-0.3, -0.25) is 4.68 Å². The van der Waals surface area contributed by atoms with E-state index >= 15 is 0 Å². The Morgan fingerprint density at radius 3 is 2.75 bits per heavy atom. The summed E-state index contributed by atoms with van der Waals surface area (Å²) in [5, 5.41) is 11.1. The maximum Gasteiger partial charge on any atom is 0.240 e. The zero-order valence-corrected chi connectivity index (χ0v) is 9.69. The lowest BCUT2D eigenvalue weighted by atomic mass is 10.2. The highest BCUT2D eigenvalue weighted by molar-refractivity contribution is 5.15. The summed E-state index contributed by atoms with van der Waals surface area (Å²) in [6, 6.07) is 0. The second-order valence-electron chi connectivity index (χ2n) is 3.72. The molecule has 2 rings (SSSR count). The van der Waals surface area contributed by atoms with Crippen molar-refractivity contribution in [3.05, 3.63) is 29.2 Å². The van der Waals surface area contributed by atoms with Crippen LogP contribution in [-0.2, 0) is 20.1 Å². The van der Waals surface area contributed by atoms with Gasteiger partial charge < -0.3 is 9.84 Å². The molecule has 0 aliphatic heterocycles. The molecule has 6 nitrogen and oxygen atoms in total. The fourth-order valence-electron chi connectivity index (χ4n) is 1.43. The maximum atomic E-state index is 4.99. The van der Waals surface area contributed by atoms with Gasteiger partial charge in [-0.05, 0) is 13.8 Å². The second-order valence-corrected chi connectivity index (χ2v) is 3.72. The lowest BCUT2D eigenvalue weighted by Crippen LogP contribution is -2.13. The molecule has 6 heteroatoms. The van der Waals surface area contributed by atoms with Gasteiger partial charge in [-0.25, -0.2) is 0 Å². The molecule has 0 saturated heterocycles. The van der Waals surface area contributed by atoms with Gasteiger partial charge in [0.1, 0.15) is 0 Å². The molecule has 2 aromatic rings. The number of rotatable bonds is 4. The number of nitrogens with zero attached hydrogens (tertiary/aromatic N) is 4. The molecule has 0 bridgehead atoms. The fraction of sp³-hybridized carbons (Fsp3) is 0.500. The highest BCUT2D eigenvalue weighted by Crippen LogP contribution is 2.05. The SMILES string of the molecule is Cc1noc(CNCc2cnn(C)c2C)n1. The first kappa shape index (κ1) is 10.8. The van der Waals surface area contributed by atoms with E-state index < -0.39 is 0 Å². The average molecular weight is 221 g/mol. The zero-order valence-electron chi connectivity index (χ0n) is 9.69. The third-order valence-corrected chi connectivity index (χ3v) is 2.50. The van der Waals surface area contributed by atoms with Crippen molar-refractivity contribution >= 4 is 0 Å². The molecule has 16 heavy (non-hydrogen) atoms. The van der Waals surface area contributed by atoms with E-state index in [0.717, 1.165) is 12.2 Å². The molecule has 2 heterocycles. The van der Waals surface area contributed by atoms with Crippen molar-refractivity contribution in [2.75, 3.05) is 0 Å². The van der Waals surface area contributed by atoms with E-state index in [0.29, 0.717) is 18.3 Å². The molecule has 1 N–H and O–H groups in total. The molecule has 86 valence electrons. The summed E-state index contributed by atoms with van der Waals surface area (Å²) in [5.41, 5.74) is 2.34. The average Bonchev–Trinajstić information content (AvgIpc) is 2.79. The first-order valence-electron chi connectivity index (χ1n) is 5.14. The van der Waals surface area contributed by atoms with Crippen LogP contribution < -0.4 is 5.32 Å². The Labute approximate surface area is 93.7 Å². The molecule has 0 spiro atoms. The molecule has 0 radical (unpaired) electrons. The molecule has 0 fully saturated rings. The minimum Gasteiger partial charge on any atom is -0.338 e. The van der Waals surface area contributed by atoms with Crippen LogP contribution >= 0.6 is 0 Å². The minimum absolute atomic E-state index is 0.579. The quantitative estimate of drug-likeness (QED) is 0.823. The highest BCUT2D eigenvalue weighted by atomic mass is 16.5. The number of hydrogen-bond donors (Lipinski definition) is 1. The van der Waals surface area contributed by atoms with Crippen LogP contribution in [0.1, 0.15) is 23.0 Å². The van der Waals surface area contributed by atoms with Crippen LogP contribution in [0, 0.1) is 13.8 Å². The Morgan fingerprint density at radius 2 is 2.19 bits per heavy atom. The topological polar surface area (TPSA) is 68.8 Å². The van der Waals surface area contributed by atoms with Crippen molar-refractivity contribution in [1.82, 2.24) is 25.2 Å². The van der Waals surface area contributed by atoms with Crippen molar-refractivity contribution in [3.8, 4) is 0 Å². The van der Waals surface area contributed by atoms with E-state index in [2.05, 4.69) is 20.6 Å². The summed E-state index contributed by atoms with van der Waals surface area (Å²) in [6.07, 6.45) is 1.86. The smallest absolute Gasteiger partial charge is 0.240 e. The number of aromatic nitrogens is 4. The molecule has 0 unspecified atom stereocenters. The Kier molecular flexibility index (Phi) is 3.00. The van der Waals surface area contributed by atoms with Gasteiger partial charge >= 0.3 is 0 Å². The van der Waals surface area contributed by atoms with Crippen LogP contribution in [-0.4, -0.2) is 19.9 Å². The summed E-state index contributed by atoms with van der Waals surface area (Å²) in [7, 11) is 1.93. The minimum atomic E-state index is 0.579. The Morgan fingerprint density at radius 1 is 1.38 bits per heavy atom. The Balaban J connectivity index is 1.86. The van der Waals surface area contributed by atoms with Crippen LogP contribution in [0.2, 0.25) is 0 Å². The molecule has 0 aromatic carbocycles. The Hall–Kier alpha value is -1.69. The van der Waals surface area contributed by atoms with Crippen LogP contribution in [0.4, 0.5) is 0 Å². The summed E-state index contributed by atoms with van der Waals surface area (Å²) in [5.74, 6) is 1.27. The summed E-state index contributed by atoms with van der Waals surface area (Å²) < 4.78 is 6.85. The lowest BCUT2D eigenvalue weighted by Gasteiger charge is -2.01. The number of nitrogens with one attached hydrogen (secondary N) is 1. The Bertz CT molecular complexity index is 473. The van der Waals surface area contributed by atoms with Gasteiger partial charge in [0.15, 0.2) is 5.82 Å². The van der Waals surface area contributed by atoms with E-state index in [9.17, 15) is 0 Å². The van der Waals surface area contributed by atoms with Crippen molar-refractivity contribution in [2.24, 2.45) is 7.05 Å². The van der Waals surface area contributed by atoms with Gasteiger partial charge in [-0.15, -0.1) is 0 Å². The standard InChI is InChI=1S/C10H15N5O/c1-7-9(5-12-15(7)3)4-11-6-10-13-8(2)14-16-10/h5,11H,4,6H2,1-3H3. The predicted molar refractivity (Wildman–Crippen MR) is 57.5 cm³/mol. The fourth-order valence-corrected chi connectivity index (χ4v) is 1.43. The summed E-state index contributed by atoms with van der Waals surface area (Å²) in [4.78, 5) is 4.11.